The number of hydrogen-bond donors (Lipinski definition) is 0. The molecule has 29 heavy (non-hydrogen) atoms. The molecule has 0 aliphatic rings. The zero-order chi connectivity index (χ0) is 20.5. The molecule has 0 atom stereocenters. The molecule has 0 amide bonds. The van der Waals surface area contributed by atoms with Gasteiger partial charge in [-0.25, -0.2) is 0 Å². The number of aromatic nitrogens is 3. The number of para-hydroxylation sites is 1. The number of nitrogens with zero attached hydrogens (tertiary/aromatic N) is 4. The number of nitro groups is 1. The van der Waals surface area contributed by atoms with Crippen molar-refractivity contribution in [1.29, 1.82) is 0 Å². The van der Waals surface area contributed by atoms with Gasteiger partial charge in [0.2, 0.25) is 4.96 Å². The van der Waals surface area contributed by atoms with E-state index in [1.807, 2.05) is 0 Å². The van der Waals surface area contributed by atoms with Crippen molar-refractivity contribution in [2.24, 2.45) is 0 Å². The summed E-state index contributed by atoms with van der Waals surface area (Å²) in [5, 5.41) is 15.2. The Balaban J connectivity index is 1.78. The summed E-state index contributed by atoms with van der Waals surface area (Å²) >= 11 is 1.11. The third-order valence-electron chi connectivity index (χ3n) is 3.94. The van der Waals surface area contributed by atoms with E-state index in [4.69, 9.17) is 4.74 Å². The molecule has 4 rings (SSSR count). The lowest BCUT2D eigenvalue weighted by Gasteiger charge is -2.04. The molecule has 0 unspecified atom stereocenters. The molecule has 0 bridgehead atoms. The van der Waals surface area contributed by atoms with Gasteiger partial charge < -0.3 is 4.74 Å². The number of hydrogen-bond acceptors (Lipinski definition) is 8. The largest absolute Gasteiger partial charge is 0.426 e. The number of ether oxygens (including phenoxy) is 1. The SMILES string of the molecule is CC(=O)Oc1ccccc1-c1nc2s/c(=C/c3cccc([N+](=O)[O-])c3)c(=O)n2n1. The van der Waals surface area contributed by atoms with E-state index in [9.17, 15) is 19.7 Å². The number of fused-ring (bicyclic) bond motifs is 1. The Hall–Kier alpha value is -3.92. The van der Waals surface area contributed by atoms with E-state index in [0.717, 1.165) is 15.9 Å². The highest BCUT2D eigenvalue weighted by Gasteiger charge is 2.16. The second kappa shape index (κ2) is 7.24. The van der Waals surface area contributed by atoms with E-state index in [2.05, 4.69) is 10.1 Å². The Morgan fingerprint density at radius 2 is 2.03 bits per heavy atom. The van der Waals surface area contributed by atoms with Crippen LogP contribution in [-0.2, 0) is 4.79 Å². The van der Waals surface area contributed by atoms with Crippen LogP contribution in [-0.4, -0.2) is 25.5 Å². The molecule has 0 saturated heterocycles. The Morgan fingerprint density at radius 1 is 1.24 bits per heavy atom. The maximum atomic E-state index is 12.7. The molecule has 4 aromatic rings. The van der Waals surface area contributed by atoms with Crippen LogP contribution >= 0.6 is 11.3 Å². The minimum absolute atomic E-state index is 0.0602. The van der Waals surface area contributed by atoms with Crippen LogP contribution in [0.4, 0.5) is 5.69 Å². The van der Waals surface area contributed by atoms with Crippen LogP contribution in [0.5, 0.6) is 5.75 Å². The highest BCUT2D eigenvalue weighted by Crippen LogP contribution is 2.27. The molecule has 144 valence electrons. The molecule has 2 aromatic heterocycles. The lowest BCUT2D eigenvalue weighted by molar-refractivity contribution is -0.384. The fourth-order valence-corrected chi connectivity index (χ4v) is 3.63. The van der Waals surface area contributed by atoms with Crippen molar-refractivity contribution in [3.63, 3.8) is 0 Å². The highest BCUT2D eigenvalue weighted by atomic mass is 32.1. The molecule has 0 aliphatic carbocycles. The van der Waals surface area contributed by atoms with E-state index >= 15 is 0 Å². The molecular weight excluding hydrogens is 396 g/mol. The summed E-state index contributed by atoms with van der Waals surface area (Å²) in [6.45, 7) is 1.29. The second-order valence-corrected chi connectivity index (χ2v) is 7.00. The lowest BCUT2D eigenvalue weighted by Crippen LogP contribution is -2.23. The fraction of sp³-hybridized carbons (Fsp3) is 0.0526. The molecule has 0 N–H and O–H groups in total. The van der Waals surface area contributed by atoms with Crippen LogP contribution in [0.3, 0.4) is 0 Å². The first kappa shape index (κ1) is 18.4. The normalized spacial score (nSPS) is 11.7. The number of nitro benzene ring substituents is 1. The first-order valence-corrected chi connectivity index (χ1v) is 9.17. The maximum Gasteiger partial charge on any atom is 0.308 e. The molecule has 0 fully saturated rings. The van der Waals surface area contributed by atoms with Crippen molar-refractivity contribution in [3.8, 4) is 17.1 Å². The van der Waals surface area contributed by atoms with E-state index in [1.165, 1.54) is 19.1 Å². The smallest absolute Gasteiger partial charge is 0.308 e. The van der Waals surface area contributed by atoms with E-state index < -0.39 is 10.9 Å². The van der Waals surface area contributed by atoms with Gasteiger partial charge in [-0.3, -0.25) is 19.7 Å². The van der Waals surface area contributed by atoms with E-state index in [0.29, 0.717) is 26.4 Å². The first-order valence-electron chi connectivity index (χ1n) is 8.36. The van der Waals surface area contributed by atoms with Crippen LogP contribution in [0.2, 0.25) is 0 Å². The van der Waals surface area contributed by atoms with Gasteiger partial charge in [0.25, 0.3) is 11.2 Å². The third-order valence-corrected chi connectivity index (χ3v) is 4.90. The van der Waals surface area contributed by atoms with Gasteiger partial charge in [0, 0.05) is 19.1 Å². The van der Waals surface area contributed by atoms with Crippen molar-refractivity contribution in [3.05, 3.63) is 79.1 Å². The lowest BCUT2D eigenvalue weighted by atomic mass is 10.2. The van der Waals surface area contributed by atoms with Gasteiger partial charge in [-0.15, -0.1) is 5.10 Å². The van der Waals surface area contributed by atoms with Gasteiger partial charge in [-0.2, -0.15) is 9.50 Å². The van der Waals surface area contributed by atoms with Crippen LogP contribution in [0.1, 0.15) is 12.5 Å². The van der Waals surface area contributed by atoms with Gasteiger partial charge in [0.05, 0.1) is 15.0 Å². The van der Waals surface area contributed by atoms with Gasteiger partial charge >= 0.3 is 5.97 Å². The highest BCUT2D eigenvalue weighted by molar-refractivity contribution is 7.15. The van der Waals surface area contributed by atoms with Gasteiger partial charge in [-0.05, 0) is 23.8 Å². The predicted octanol–water partition coefficient (Wildman–Crippen LogP) is 2.20. The molecule has 0 saturated carbocycles. The summed E-state index contributed by atoms with van der Waals surface area (Å²) in [4.78, 5) is 39.1. The van der Waals surface area contributed by atoms with Crippen LogP contribution in [0.15, 0.2) is 53.3 Å². The number of carbonyl (C=O) groups excluding carboxylic acids is 1. The molecule has 2 heterocycles. The van der Waals surface area contributed by atoms with Crippen LogP contribution in [0, 0.1) is 10.1 Å². The average Bonchev–Trinajstić information content (AvgIpc) is 3.22. The molecule has 10 heteroatoms. The maximum absolute atomic E-state index is 12.7. The number of benzene rings is 2. The number of carbonyl (C=O) groups is 1. The average molecular weight is 408 g/mol. The van der Waals surface area contributed by atoms with Crippen molar-refractivity contribution in [1.82, 2.24) is 14.6 Å². The molecular formula is C19H12N4O5S. The Labute approximate surface area is 166 Å². The number of rotatable bonds is 4. The van der Waals surface area contributed by atoms with Gasteiger partial charge in [0.1, 0.15) is 5.75 Å². The quantitative estimate of drug-likeness (QED) is 0.220. The minimum Gasteiger partial charge on any atom is -0.426 e. The molecule has 0 aliphatic heterocycles. The standard InChI is InChI=1S/C19H12N4O5S/c1-11(24)28-15-8-3-2-7-14(15)17-20-19-22(21-17)18(25)16(29-19)10-12-5-4-6-13(9-12)23(26)27/h2-10H,1H3/b16-10+. The van der Waals surface area contributed by atoms with Crippen LogP contribution < -0.4 is 14.8 Å². The molecule has 2 aromatic carbocycles. The van der Waals surface area contributed by atoms with E-state index in [1.54, 1.807) is 42.5 Å². The summed E-state index contributed by atoms with van der Waals surface area (Å²) in [6.07, 6.45) is 1.56. The van der Waals surface area contributed by atoms with Crippen LogP contribution in [0.25, 0.3) is 22.4 Å². The minimum atomic E-state index is -0.495. The first-order chi connectivity index (χ1) is 13.9. The van der Waals surface area contributed by atoms with Crippen molar-refractivity contribution in [2.45, 2.75) is 6.92 Å². The Bertz CT molecular complexity index is 1380. The van der Waals surface area contributed by atoms with Gasteiger partial charge in [-0.1, -0.05) is 35.6 Å². The van der Waals surface area contributed by atoms with E-state index in [-0.39, 0.29) is 17.1 Å². The summed E-state index contributed by atoms with van der Waals surface area (Å²) in [6, 6.07) is 12.8. The van der Waals surface area contributed by atoms with Crippen molar-refractivity contribution in [2.75, 3.05) is 0 Å². The fourth-order valence-electron chi connectivity index (χ4n) is 2.72. The monoisotopic (exact) mass is 408 g/mol. The Kier molecular flexibility index (Phi) is 4.61. The molecule has 9 nitrogen and oxygen atoms in total. The number of thiazole rings is 1. The van der Waals surface area contributed by atoms with Crippen molar-refractivity contribution < 1.29 is 14.5 Å². The summed E-state index contributed by atoms with van der Waals surface area (Å²) in [5.41, 5.74) is 0.568. The molecule has 0 radical (unpaired) electrons. The summed E-state index contributed by atoms with van der Waals surface area (Å²) in [7, 11) is 0. The second-order valence-electron chi connectivity index (χ2n) is 5.99. The number of esters is 1. The Morgan fingerprint density at radius 3 is 2.76 bits per heavy atom. The van der Waals surface area contributed by atoms with Crippen molar-refractivity contribution >= 4 is 34.0 Å². The summed E-state index contributed by atoms with van der Waals surface area (Å²) < 4.78 is 6.68. The summed E-state index contributed by atoms with van der Waals surface area (Å²) in [5.74, 6) is 0.0815. The molecule has 0 spiro atoms. The third kappa shape index (κ3) is 3.60. The zero-order valence-electron chi connectivity index (χ0n) is 14.9. The topological polar surface area (TPSA) is 117 Å². The zero-order valence-corrected chi connectivity index (χ0v) is 15.8. The number of non-ortho nitro benzene ring substituents is 1. The predicted molar refractivity (Wildman–Crippen MR) is 106 cm³/mol. The van der Waals surface area contributed by atoms with Gasteiger partial charge in [0.15, 0.2) is 5.82 Å².